The third-order valence-corrected chi connectivity index (χ3v) is 5.67. The maximum Gasteiger partial charge on any atom is 0.376 e. The van der Waals surface area contributed by atoms with Gasteiger partial charge < -0.3 is 13.7 Å². The summed E-state index contributed by atoms with van der Waals surface area (Å²) in [4.78, 5) is 21.3. The van der Waals surface area contributed by atoms with Gasteiger partial charge in [0.2, 0.25) is 11.7 Å². The van der Waals surface area contributed by atoms with Crippen LogP contribution in [0.3, 0.4) is 0 Å². The molecule has 4 aromatic rings. The van der Waals surface area contributed by atoms with Crippen LogP contribution in [0.4, 0.5) is 0 Å². The summed E-state index contributed by atoms with van der Waals surface area (Å²) < 4.78 is 12.9. The molecule has 0 bridgehead atoms. The summed E-state index contributed by atoms with van der Waals surface area (Å²) in [5.74, 6) is 0.819. The normalized spacial score (nSPS) is 11.3. The van der Waals surface area contributed by atoms with Gasteiger partial charge in [-0.1, -0.05) is 29.3 Å². The van der Waals surface area contributed by atoms with Crippen molar-refractivity contribution in [2.75, 3.05) is 6.61 Å². The molecule has 4 rings (SSSR count). The highest BCUT2D eigenvalue weighted by molar-refractivity contribution is 6.35. The second-order valence-corrected chi connectivity index (χ2v) is 8.14. The van der Waals surface area contributed by atoms with E-state index in [4.69, 9.17) is 37.3 Å². The summed E-state index contributed by atoms with van der Waals surface area (Å²) in [5, 5.41) is 1.19. The fraction of sp³-hybridized carbons (Fsp3) is 0.261. The van der Waals surface area contributed by atoms with Crippen molar-refractivity contribution in [2.24, 2.45) is 0 Å². The van der Waals surface area contributed by atoms with Gasteiger partial charge in [-0.3, -0.25) is 0 Å². The van der Waals surface area contributed by atoms with Crippen molar-refractivity contribution >= 4 is 40.2 Å². The Balaban J connectivity index is 1.80. The van der Waals surface area contributed by atoms with Crippen molar-refractivity contribution in [2.45, 2.75) is 34.2 Å². The van der Waals surface area contributed by atoms with Gasteiger partial charge in [-0.2, -0.15) is 0 Å². The Morgan fingerprint density at radius 2 is 1.90 bits per heavy atom. The molecular weight excluding hydrogens is 437 g/mol. The first-order chi connectivity index (χ1) is 14.8. The molecule has 0 aliphatic heterocycles. The molecule has 2 heterocycles. The van der Waals surface area contributed by atoms with Crippen LogP contribution in [0.5, 0.6) is 0 Å². The summed E-state index contributed by atoms with van der Waals surface area (Å²) in [5.41, 5.74) is 4.97. The average molecular weight is 458 g/mol. The molecule has 0 spiro atoms. The van der Waals surface area contributed by atoms with Gasteiger partial charge in [0.1, 0.15) is 5.82 Å². The van der Waals surface area contributed by atoms with Crippen LogP contribution < -0.4 is 0 Å². The number of carbonyl (C=O) groups excluding carboxylic acids is 1. The van der Waals surface area contributed by atoms with E-state index in [0.29, 0.717) is 28.2 Å². The van der Waals surface area contributed by atoms with Crippen LogP contribution in [-0.2, 0) is 11.3 Å². The van der Waals surface area contributed by atoms with Crippen LogP contribution in [0.1, 0.15) is 40.1 Å². The zero-order valence-electron chi connectivity index (χ0n) is 17.6. The molecule has 2 aromatic heterocycles. The molecule has 0 atom stereocenters. The van der Waals surface area contributed by atoms with Gasteiger partial charge in [-0.15, -0.1) is 0 Å². The highest BCUT2D eigenvalue weighted by Crippen LogP contribution is 2.30. The number of fused-ring (bicyclic) bond motifs is 1. The summed E-state index contributed by atoms with van der Waals surface area (Å²) in [6.45, 7) is 8.22. The van der Waals surface area contributed by atoms with Gasteiger partial charge in [-0.25, -0.2) is 14.8 Å². The molecule has 0 N–H and O–H groups in total. The number of oxazole rings is 1. The maximum absolute atomic E-state index is 12.1. The van der Waals surface area contributed by atoms with Gasteiger partial charge in [0.05, 0.1) is 29.9 Å². The predicted octanol–water partition coefficient (Wildman–Crippen LogP) is 6.15. The van der Waals surface area contributed by atoms with E-state index in [9.17, 15) is 4.79 Å². The summed E-state index contributed by atoms with van der Waals surface area (Å²) in [6.07, 6.45) is 0. The first-order valence-corrected chi connectivity index (χ1v) is 10.6. The number of ether oxygens (including phenoxy) is 1. The van der Waals surface area contributed by atoms with Crippen LogP contribution in [0.15, 0.2) is 34.7 Å². The number of esters is 1. The second kappa shape index (κ2) is 8.36. The smallest absolute Gasteiger partial charge is 0.376 e. The average Bonchev–Trinajstić information content (AvgIpc) is 3.25. The minimum atomic E-state index is -0.519. The monoisotopic (exact) mass is 457 g/mol. The van der Waals surface area contributed by atoms with Gasteiger partial charge in [-0.05, 0) is 63.1 Å². The minimum Gasteiger partial charge on any atom is -0.460 e. The van der Waals surface area contributed by atoms with Gasteiger partial charge >= 0.3 is 5.97 Å². The number of hydrogen-bond acceptors (Lipinski definition) is 5. The van der Waals surface area contributed by atoms with E-state index in [1.807, 2.05) is 38.1 Å². The molecule has 0 aliphatic carbocycles. The Labute approximate surface area is 189 Å². The lowest BCUT2D eigenvalue weighted by Crippen LogP contribution is -2.04. The van der Waals surface area contributed by atoms with Crippen LogP contribution in [0.25, 0.3) is 22.5 Å². The molecule has 6 nitrogen and oxygen atoms in total. The van der Waals surface area contributed by atoms with Gasteiger partial charge in [0.15, 0.2) is 0 Å². The van der Waals surface area contributed by atoms with Gasteiger partial charge in [0, 0.05) is 15.6 Å². The summed E-state index contributed by atoms with van der Waals surface area (Å²) in [7, 11) is 0. The van der Waals surface area contributed by atoms with Crippen molar-refractivity contribution in [3.8, 4) is 11.5 Å². The summed E-state index contributed by atoms with van der Waals surface area (Å²) in [6, 6.07) is 9.38. The third-order valence-electron chi connectivity index (χ3n) is 5.08. The lowest BCUT2D eigenvalue weighted by atomic mass is 10.1. The SMILES string of the molecule is CCOC(=O)c1oc(-c2cc(C)c3nc(C)n(Cc4ccc(Cl)cc4Cl)c3c2)nc1C. The van der Waals surface area contributed by atoms with E-state index < -0.39 is 5.97 Å². The van der Waals surface area contributed by atoms with E-state index in [0.717, 1.165) is 33.5 Å². The molecule has 31 heavy (non-hydrogen) atoms. The van der Waals surface area contributed by atoms with Crippen LogP contribution in [0, 0.1) is 20.8 Å². The molecule has 8 heteroatoms. The van der Waals surface area contributed by atoms with Crippen LogP contribution in [-0.4, -0.2) is 27.1 Å². The van der Waals surface area contributed by atoms with Crippen LogP contribution in [0.2, 0.25) is 10.0 Å². The van der Waals surface area contributed by atoms with Crippen LogP contribution >= 0.6 is 23.2 Å². The fourth-order valence-corrected chi connectivity index (χ4v) is 4.03. The maximum atomic E-state index is 12.1. The largest absolute Gasteiger partial charge is 0.460 e. The lowest BCUT2D eigenvalue weighted by Gasteiger charge is -2.10. The standard InChI is InChI=1S/C23H21Cl2N3O3/c1-5-30-23(29)21-13(3)26-22(31-21)16-8-12(2)20-19(9-16)28(14(4)27-20)11-15-6-7-17(24)10-18(15)25/h6-10H,5,11H2,1-4H3. The Hall–Kier alpha value is -2.83. The number of rotatable bonds is 5. The Morgan fingerprint density at radius 3 is 2.61 bits per heavy atom. The van der Waals surface area contributed by atoms with Crippen molar-refractivity contribution in [3.05, 3.63) is 68.8 Å². The number of halogens is 2. The van der Waals surface area contributed by atoms with E-state index in [2.05, 4.69) is 9.55 Å². The zero-order chi connectivity index (χ0) is 22.3. The number of aromatic nitrogens is 3. The number of carbonyl (C=O) groups is 1. The van der Waals surface area contributed by atoms with E-state index in [1.54, 1.807) is 19.9 Å². The molecule has 0 saturated carbocycles. The number of imidazole rings is 1. The fourth-order valence-electron chi connectivity index (χ4n) is 3.56. The number of aryl methyl sites for hydroxylation is 3. The molecule has 160 valence electrons. The number of benzene rings is 2. The zero-order valence-corrected chi connectivity index (χ0v) is 19.1. The first kappa shape index (κ1) is 21.4. The molecule has 0 unspecified atom stereocenters. The molecular formula is C23H21Cl2N3O3. The van der Waals surface area contributed by atoms with Crippen molar-refractivity contribution < 1.29 is 13.9 Å². The van der Waals surface area contributed by atoms with Crippen molar-refractivity contribution in [1.29, 1.82) is 0 Å². The third kappa shape index (κ3) is 4.05. The Morgan fingerprint density at radius 1 is 1.13 bits per heavy atom. The number of nitrogens with zero attached hydrogens (tertiary/aromatic N) is 3. The molecule has 0 radical (unpaired) electrons. The molecule has 2 aromatic carbocycles. The lowest BCUT2D eigenvalue weighted by molar-refractivity contribution is 0.0490. The van der Waals surface area contributed by atoms with E-state index in [1.165, 1.54) is 0 Å². The Kier molecular flexibility index (Phi) is 5.77. The predicted molar refractivity (Wildman–Crippen MR) is 121 cm³/mol. The molecule has 0 saturated heterocycles. The number of hydrogen-bond donors (Lipinski definition) is 0. The van der Waals surface area contributed by atoms with Crippen molar-refractivity contribution in [1.82, 2.24) is 14.5 Å². The highest BCUT2D eigenvalue weighted by atomic mass is 35.5. The van der Waals surface area contributed by atoms with E-state index >= 15 is 0 Å². The first-order valence-electron chi connectivity index (χ1n) is 9.84. The second-order valence-electron chi connectivity index (χ2n) is 7.30. The minimum absolute atomic E-state index is 0.118. The topological polar surface area (TPSA) is 70.2 Å². The van der Waals surface area contributed by atoms with E-state index in [-0.39, 0.29) is 12.4 Å². The van der Waals surface area contributed by atoms with Crippen molar-refractivity contribution in [3.63, 3.8) is 0 Å². The van der Waals surface area contributed by atoms with Gasteiger partial charge in [0.25, 0.3) is 0 Å². The highest BCUT2D eigenvalue weighted by Gasteiger charge is 2.21. The molecule has 0 amide bonds. The molecule has 0 fully saturated rings. The Bertz CT molecular complexity index is 1310. The molecule has 0 aliphatic rings. The summed E-state index contributed by atoms with van der Waals surface area (Å²) >= 11 is 12.4. The quantitative estimate of drug-likeness (QED) is 0.336.